The minimum atomic E-state index is 0.925. The molecule has 2 rings (SSSR count). The highest BCUT2D eigenvalue weighted by Crippen LogP contribution is 2.28. The Morgan fingerprint density at radius 3 is 3.30 bits per heavy atom. The van der Waals surface area contributed by atoms with E-state index in [9.17, 15) is 0 Å². The minimum absolute atomic E-state index is 0.925. The molecule has 10 heavy (non-hydrogen) atoms. The van der Waals surface area contributed by atoms with Crippen LogP contribution in [0, 0.1) is 0 Å². The number of hydrogen-bond acceptors (Lipinski definition) is 2. The van der Waals surface area contributed by atoms with E-state index in [1.54, 1.807) is 11.3 Å². The Kier molecular flexibility index (Phi) is 1.68. The predicted molar refractivity (Wildman–Crippen MR) is 44.7 cm³/mol. The van der Waals surface area contributed by atoms with E-state index < -0.39 is 0 Å². The van der Waals surface area contributed by atoms with Gasteiger partial charge >= 0.3 is 0 Å². The van der Waals surface area contributed by atoms with Gasteiger partial charge in [-0.15, -0.1) is 11.3 Å². The minimum Gasteiger partial charge on any atom is -0.312 e. The Hall–Kier alpha value is -0.0500. The normalized spacial score (nSPS) is 16.9. The molecule has 54 valence electrons. The number of rotatable bonds is 0. The summed E-state index contributed by atoms with van der Waals surface area (Å²) < 4.78 is 0.925. The second-order valence-corrected chi connectivity index (χ2v) is 4.19. The highest BCUT2D eigenvalue weighted by molar-refractivity contribution is 7.16. The van der Waals surface area contributed by atoms with Crippen LogP contribution in [0.3, 0.4) is 0 Å². The van der Waals surface area contributed by atoms with Gasteiger partial charge in [-0.25, -0.2) is 0 Å². The standard InChI is InChI=1S/C7H8ClNS/c8-7-3-5-1-2-9-4-6(5)10-7/h3,9H,1-2,4H2. The summed E-state index contributed by atoms with van der Waals surface area (Å²) in [5, 5.41) is 3.31. The molecule has 0 amide bonds. The lowest BCUT2D eigenvalue weighted by molar-refractivity contribution is 0.654. The van der Waals surface area contributed by atoms with E-state index in [1.807, 2.05) is 0 Å². The van der Waals surface area contributed by atoms with Crippen LogP contribution in [0.1, 0.15) is 10.4 Å². The number of thiophene rings is 1. The number of nitrogens with one attached hydrogen (secondary N) is 1. The number of fused-ring (bicyclic) bond motifs is 1. The van der Waals surface area contributed by atoms with Crippen molar-refractivity contribution in [2.75, 3.05) is 6.54 Å². The molecule has 0 radical (unpaired) electrons. The molecular weight excluding hydrogens is 166 g/mol. The summed E-state index contributed by atoms with van der Waals surface area (Å²) in [5.74, 6) is 0. The highest BCUT2D eigenvalue weighted by Gasteiger charge is 2.10. The summed E-state index contributed by atoms with van der Waals surface area (Å²) in [4.78, 5) is 1.41. The monoisotopic (exact) mass is 173 g/mol. The van der Waals surface area contributed by atoms with Crippen molar-refractivity contribution in [1.29, 1.82) is 0 Å². The van der Waals surface area contributed by atoms with Crippen LogP contribution in [-0.4, -0.2) is 6.54 Å². The molecule has 0 atom stereocenters. The Morgan fingerprint density at radius 2 is 2.50 bits per heavy atom. The molecule has 0 unspecified atom stereocenters. The molecule has 1 nitrogen and oxygen atoms in total. The van der Waals surface area contributed by atoms with Crippen molar-refractivity contribution in [3.8, 4) is 0 Å². The van der Waals surface area contributed by atoms with Gasteiger partial charge in [0.05, 0.1) is 4.34 Å². The molecule has 2 heterocycles. The molecule has 1 aliphatic heterocycles. The zero-order chi connectivity index (χ0) is 6.97. The van der Waals surface area contributed by atoms with Gasteiger partial charge in [0.15, 0.2) is 0 Å². The lowest BCUT2D eigenvalue weighted by Crippen LogP contribution is -2.21. The molecule has 0 aliphatic carbocycles. The van der Waals surface area contributed by atoms with Crippen LogP contribution in [0.2, 0.25) is 4.34 Å². The first-order chi connectivity index (χ1) is 4.86. The van der Waals surface area contributed by atoms with Gasteiger partial charge in [0.25, 0.3) is 0 Å². The van der Waals surface area contributed by atoms with Gasteiger partial charge < -0.3 is 5.32 Å². The number of halogens is 1. The quantitative estimate of drug-likeness (QED) is 0.633. The first kappa shape index (κ1) is 6.65. The molecule has 3 heteroatoms. The summed E-state index contributed by atoms with van der Waals surface area (Å²) >= 11 is 7.53. The topological polar surface area (TPSA) is 12.0 Å². The molecule has 0 aromatic carbocycles. The highest BCUT2D eigenvalue weighted by atomic mass is 35.5. The van der Waals surface area contributed by atoms with Crippen molar-refractivity contribution in [1.82, 2.24) is 5.32 Å². The summed E-state index contributed by atoms with van der Waals surface area (Å²) in [6.07, 6.45) is 1.14. The van der Waals surface area contributed by atoms with Crippen LogP contribution in [-0.2, 0) is 13.0 Å². The summed E-state index contributed by atoms with van der Waals surface area (Å²) in [6.45, 7) is 2.10. The average Bonchev–Trinajstić information content (AvgIpc) is 2.27. The van der Waals surface area contributed by atoms with E-state index in [4.69, 9.17) is 11.6 Å². The molecule has 0 saturated carbocycles. The van der Waals surface area contributed by atoms with Crippen LogP contribution >= 0.6 is 22.9 Å². The maximum Gasteiger partial charge on any atom is 0.0934 e. The fraction of sp³-hybridized carbons (Fsp3) is 0.429. The molecule has 1 aliphatic rings. The van der Waals surface area contributed by atoms with Gasteiger partial charge in [0.1, 0.15) is 0 Å². The van der Waals surface area contributed by atoms with E-state index in [-0.39, 0.29) is 0 Å². The number of hydrogen-bond donors (Lipinski definition) is 1. The molecule has 1 aromatic rings. The largest absolute Gasteiger partial charge is 0.312 e. The molecule has 0 bridgehead atoms. The van der Waals surface area contributed by atoms with E-state index in [0.29, 0.717) is 0 Å². The summed E-state index contributed by atoms with van der Waals surface area (Å²) in [6, 6.07) is 2.09. The third-order valence-electron chi connectivity index (χ3n) is 1.72. The second-order valence-electron chi connectivity index (χ2n) is 2.43. The van der Waals surface area contributed by atoms with Crippen LogP contribution in [0.5, 0.6) is 0 Å². The van der Waals surface area contributed by atoms with Crippen molar-refractivity contribution in [3.05, 3.63) is 20.8 Å². The fourth-order valence-electron chi connectivity index (χ4n) is 1.22. The van der Waals surface area contributed by atoms with Crippen LogP contribution in [0.4, 0.5) is 0 Å². The van der Waals surface area contributed by atoms with E-state index >= 15 is 0 Å². The fourth-order valence-corrected chi connectivity index (χ4v) is 2.53. The SMILES string of the molecule is Clc1cc2c(s1)CNCC2. The Balaban J connectivity index is 2.41. The van der Waals surface area contributed by atoms with E-state index in [1.165, 1.54) is 10.4 Å². The van der Waals surface area contributed by atoms with Crippen molar-refractivity contribution >= 4 is 22.9 Å². The molecule has 1 aromatic heterocycles. The van der Waals surface area contributed by atoms with Crippen LogP contribution in [0.15, 0.2) is 6.07 Å². The molecule has 0 fully saturated rings. The lowest BCUT2D eigenvalue weighted by atomic mass is 10.1. The Labute approximate surface area is 69.0 Å². The third-order valence-corrected chi connectivity index (χ3v) is 3.03. The first-order valence-electron chi connectivity index (χ1n) is 3.34. The average molecular weight is 174 g/mol. The van der Waals surface area contributed by atoms with Crippen molar-refractivity contribution < 1.29 is 0 Å². The molecule has 0 saturated heterocycles. The second kappa shape index (κ2) is 2.53. The maximum absolute atomic E-state index is 5.84. The van der Waals surface area contributed by atoms with Gasteiger partial charge in [-0.2, -0.15) is 0 Å². The van der Waals surface area contributed by atoms with Crippen molar-refractivity contribution in [2.45, 2.75) is 13.0 Å². The van der Waals surface area contributed by atoms with E-state index in [2.05, 4.69) is 11.4 Å². The summed E-state index contributed by atoms with van der Waals surface area (Å²) in [5.41, 5.74) is 1.44. The lowest BCUT2D eigenvalue weighted by Gasteiger charge is -2.10. The van der Waals surface area contributed by atoms with Gasteiger partial charge in [-0.1, -0.05) is 11.6 Å². The van der Waals surface area contributed by atoms with Gasteiger partial charge in [0, 0.05) is 11.4 Å². The summed E-state index contributed by atoms with van der Waals surface area (Å²) in [7, 11) is 0. The van der Waals surface area contributed by atoms with Crippen LogP contribution in [0.25, 0.3) is 0 Å². The zero-order valence-corrected chi connectivity index (χ0v) is 7.06. The molecule has 0 spiro atoms. The van der Waals surface area contributed by atoms with E-state index in [0.717, 1.165) is 23.8 Å². The zero-order valence-electron chi connectivity index (χ0n) is 5.48. The Morgan fingerprint density at radius 1 is 1.60 bits per heavy atom. The third kappa shape index (κ3) is 1.07. The van der Waals surface area contributed by atoms with Gasteiger partial charge in [0.2, 0.25) is 0 Å². The maximum atomic E-state index is 5.84. The predicted octanol–water partition coefficient (Wildman–Crippen LogP) is 2.05. The van der Waals surface area contributed by atoms with Crippen molar-refractivity contribution in [3.63, 3.8) is 0 Å². The smallest absolute Gasteiger partial charge is 0.0934 e. The van der Waals surface area contributed by atoms with Gasteiger partial charge in [-0.3, -0.25) is 0 Å². The first-order valence-corrected chi connectivity index (χ1v) is 4.53. The Bertz CT molecular complexity index is 220. The molecule has 1 N–H and O–H groups in total. The molecular formula is C7H8ClNS. The van der Waals surface area contributed by atoms with Gasteiger partial charge in [-0.05, 0) is 24.6 Å². The van der Waals surface area contributed by atoms with Crippen molar-refractivity contribution in [2.24, 2.45) is 0 Å². The van der Waals surface area contributed by atoms with Crippen LogP contribution < -0.4 is 5.32 Å².